The zero-order valence-corrected chi connectivity index (χ0v) is 12.6. The lowest BCUT2D eigenvalue weighted by molar-refractivity contribution is 0.182. The average molecular weight is 294 g/mol. The number of benzene rings is 1. The molecule has 2 fully saturated rings. The molecule has 0 atom stereocenters. The van der Waals surface area contributed by atoms with Crippen molar-refractivity contribution >= 4 is 10.0 Å². The molecule has 0 bridgehead atoms. The molecule has 20 heavy (non-hydrogen) atoms. The molecule has 1 aliphatic heterocycles. The Balaban J connectivity index is 1.55. The van der Waals surface area contributed by atoms with Crippen molar-refractivity contribution in [2.45, 2.75) is 18.6 Å². The Bertz CT molecular complexity index is 532. The molecular formula is C15H22N2O2S. The lowest BCUT2D eigenvalue weighted by Gasteiger charge is -2.34. The standard InChI is InChI=1S/C15H22N2O2S/c18-20(19,13-15-4-2-1-3-5-15)17-10-8-16(9-11-17)12-14-6-7-14/h1-5,14H,6-13H2. The van der Waals surface area contributed by atoms with E-state index in [0.29, 0.717) is 13.1 Å². The molecule has 110 valence electrons. The third-order valence-corrected chi connectivity index (χ3v) is 5.98. The highest BCUT2D eigenvalue weighted by Gasteiger charge is 2.30. The van der Waals surface area contributed by atoms with Crippen LogP contribution in [0.4, 0.5) is 0 Å². The summed E-state index contributed by atoms with van der Waals surface area (Å²) in [6.45, 7) is 4.20. The fourth-order valence-electron chi connectivity index (χ4n) is 2.73. The molecule has 0 unspecified atom stereocenters. The number of nitrogens with zero attached hydrogens (tertiary/aromatic N) is 2. The van der Waals surface area contributed by atoms with Gasteiger partial charge in [-0.1, -0.05) is 30.3 Å². The van der Waals surface area contributed by atoms with Crippen LogP contribution in [-0.4, -0.2) is 50.3 Å². The van der Waals surface area contributed by atoms with Gasteiger partial charge in [0, 0.05) is 32.7 Å². The van der Waals surface area contributed by atoms with Crippen LogP contribution in [0.1, 0.15) is 18.4 Å². The Morgan fingerprint density at radius 1 is 1.00 bits per heavy atom. The minimum atomic E-state index is -3.17. The number of rotatable bonds is 5. The average Bonchev–Trinajstić information content (AvgIpc) is 3.24. The highest BCUT2D eigenvalue weighted by atomic mass is 32.2. The minimum Gasteiger partial charge on any atom is -0.300 e. The summed E-state index contributed by atoms with van der Waals surface area (Å²) >= 11 is 0. The molecule has 0 amide bonds. The van der Waals surface area contributed by atoms with Gasteiger partial charge in [0.1, 0.15) is 0 Å². The van der Waals surface area contributed by atoms with Crippen LogP contribution in [0.5, 0.6) is 0 Å². The van der Waals surface area contributed by atoms with E-state index in [1.54, 1.807) is 4.31 Å². The SMILES string of the molecule is O=S(=O)(Cc1ccccc1)N1CCN(CC2CC2)CC1. The Hall–Kier alpha value is -0.910. The predicted molar refractivity (Wildman–Crippen MR) is 79.8 cm³/mol. The molecular weight excluding hydrogens is 272 g/mol. The second-order valence-corrected chi connectivity index (χ2v) is 7.85. The first-order valence-electron chi connectivity index (χ1n) is 7.37. The van der Waals surface area contributed by atoms with Gasteiger partial charge in [0.15, 0.2) is 0 Å². The monoisotopic (exact) mass is 294 g/mol. The topological polar surface area (TPSA) is 40.6 Å². The number of sulfonamides is 1. The van der Waals surface area contributed by atoms with Crippen molar-refractivity contribution < 1.29 is 8.42 Å². The van der Waals surface area contributed by atoms with Crippen LogP contribution in [0.3, 0.4) is 0 Å². The van der Waals surface area contributed by atoms with Crippen molar-refractivity contribution in [3.8, 4) is 0 Å². The van der Waals surface area contributed by atoms with E-state index in [1.165, 1.54) is 12.8 Å². The van der Waals surface area contributed by atoms with Crippen molar-refractivity contribution in [2.24, 2.45) is 5.92 Å². The van der Waals surface area contributed by atoms with Gasteiger partial charge in [0.2, 0.25) is 10.0 Å². The first kappa shape index (κ1) is 14.0. The Morgan fingerprint density at radius 3 is 2.25 bits per heavy atom. The number of hydrogen-bond donors (Lipinski definition) is 0. The second-order valence-electron chi connectivity index (χ2n) is 5.88. The summed E-state index contributed by atoms with van der Waals surface area (Å²) in [5, 5.41) is 0. The van der Waals surface area contributed by atoms with Crippen molar-refractivity contribution in [1.82, 2.24) is 9.21 Å². The van der Waals surface area contributed by atoms with Gasteiger partial charge in [-0.25, -0.2) is 8.42 Å². The molecule has 4 nitrogen and oxygen atoms in total. The molecule has 3 rings (SSSR count). The van der Waals surface area contributed by atoms with Crippen LogP contribution >= 0.6 is 0 Å². The summed E-state index contributed by atoms with van der Waals surface area (Å²) in [5.41, 5.74) is 0.868. The van der Waals surface area contributed by atoms with Crippen molar-refractivity contribution in [2.75, 3.05) is 32.7 Å². The molecule has 1 heterocycles. The molecule has 2 aliphatic rings. The molecule has 0 spiro atoms. The summed E-state index contributed by atoms with van der Waals surface area (Å²) in [6.07, 6.45) is 2.71. The van der Waals surface area contributed by atoms with Crippen LogP contribution in [0, 0.1) is 5.92 Å². The summed E-state index contributed by atoms with van der Waals surface area (Å²) in [6, 6.07) is 9.44. The van der Waals surface area contributed by atoms with E-state index in [4.69, 9.17) is 0 Å². The zero-order chi connectivity index (χ0) is 14.0. The molecule has 0 N–H and O–H groups in total. The second kappa shape index (κ2) is 5.84. The fraction of sp³-hybridized carbons (Fsp3) is 0.600. The van der Waals surface area contributed by atoms with Crippen LogP contribution < -0.4 is 0 Å². The molecule has 0 radical (unpaired) electrons. The maximum absolute atomic E-state index is 12.4. The van der Waals surface area contributed by atoms with Gasteiger partial charge in [0.25, 0.3) is 0 Å². The van der Waals surface area contributed by atoms with Crippen molar-refractivity contribution in [3.05, 3.63) is 35.9 Å². The van der Waals surface area contributed by atoms with Gasteiger partial charge in [0.05, 0.1) is 5.75 Å². The smallest absolute Gasteiger partial charge is 0.218 e. The van der Waals surface area contributed by atoms with E-state index in [9.17, 15) is 8.42 Å². The van der Waals surface area contributed by atoms with E-state index < -0.39 is 10.0 Å². The Labute approximate surface area is 121 Å². The highest BCUT2D eigenvalue weighted by molar-refractivity contribution is 7.88. The van der Waals surface area contributed by atoms with Crippen LogP contribution in [0.15, 0.2) is 30.3 Å². The van der Waals surface area contributed by atoms with Gasteiger partial charge in [-0.15, -0.1) is 0 Å². The van der Waals surface area contributed by atoms with E-state index in [-0.39, 0.29) is 5.75 Å². The zero-order valence-electron chi connectivity index (χ0n) is 11.7. The molecule has 1 saturated carbocycles. The highest BCUT2D eigenvalue weighted by Crippen LogP contribution is 2.30. The maximum Gasteiger partial charge on any atom is 0.218 e. The van der Waals surface area contributed by atoms with Crippen molar-refractivity contribution in [3.63, 3.8) is 0 Å². The first-order chi connectivity index (χ1) is 9.63. The largest absolute Gasteiger partial charge is 0.300 e. The number of piperazine rings is 1. The molecule has 5 heteroatoms. The lowest BCUT2D eigenvalue weighted by atomic mass is 10.2. The van der Waals surface area contributed by atoms with Gasteiger partial charge < -0.3 is 4.90 Å². The molecule has 1 aromatic carbocycles. The van der Waals surface area contributed by atoms with Crippen LogP contribution in [-0.2, 0) is 15.8 Å². The summed E-state index contributed by atoms with van der Waals surface area (Å²) < 4.78 is 26.5. The number of hydrogen-bond acceptors (Lipinski definition) is 3. The molecule has 1 aliphatic carbocycles. The normalized spacial score (nSPS) is 22.0. The summed E-state index contributed by atoms with van der Waals surface area (Å²) in [5.74, 6) is 0.999. The molecule has 1 aromatic rings. The summed E-state index contributed by atoms with van der Waals surface area (Å²) in [7, 11) is -3.17. The fourth-order valence-corrected chi connectivity index (χ4v) is 4.25. The van der Waals surface area contributed by atoms with Gasteiger partial charge in [-0.05, 0) is 24.3 Å². The molecule has 0 aromatic heterocycles. The third-order valence-electron chi connectivity index (χ3n) is 4.13. The van der Waals surface area contributed by atoms with Gasteiger partial charge in [-0.3, -0.25) is 0 Å². The predicted octanol–water partition coefficient (Wildman–Crippen LogP) is 1.54. The summed E-state index contributed by atoms with van der Waals surface area (Å²) in [4.78, 5) is 2.41. The van der Waals surface area contributed by atoms with Gasteiger partial charge in [-0.2, -0.15) is 4.31 Å². The Kier molecular flexibility index (Phi) is 4.10. The van der Waals surface area contributed by atoms with Crippen molar-refractivity contribution in [1.29, 1.82) is 0 Å². The van der Waals surface area contributed by atoms with Crippen LogP contribution in [0.25, 0.3) is 0 Å². The molecule has 1 saturated heterocycles. The van der Waals surface area contributed by atoms with Crippen LogP contribution in [0.2, 0.25) is 0 Å². The third kappa shape index (κ3) is 3.59. The minimum absolute atomic E-state index is 0.121. The van der Waals surface area contributed by atoms with E-state index in [2.05, 4.69) is 4.90 Å². The van der Waals surface area contributed by atoms with E-state index in [1.807, 2.05) is 30.3 Å². The lowest BCUT2D eigenvalue weighted by Crippen LogP contribution is -2.49. The van der Waals surface area contributed by atoms with E-state index in [0.717, 1.165) is 31.1 Å². The first-order valence-corrected chi connectivity index (χ1v) is 8.98. The quantitative estimate of drug-likeness (QED) is 0.827. The maximum atomic E-state index is 12.4. The Morgan fingerprint density at radius 2 is 1.65 bits per heavy atom. The van der Waals surface area contributed by atoms with E-state index >= 15 is 0 Å². The van der Waals surface area contributed by atoms with Gasteiger partial charge >= 0.3 is 0 Å².